The molecule has 0 saturated heterocycles. The van der Waals surface area contributed by atoms with E-state index in [-0.39, 0.29) is 0 Å². The van der Waals surface area contributed by atoms with E-state index in [1.165, 1.54) is 56.2 Å². The average molecular weight is 341 g/mol. The van der Waals surface area contributed by atoms with Gasteiger partial charge in [-0.25, -0.2) is 0 Å². The molecule has 0 N–H and O–H groups in total. The molecule has 3 rings (SSSR count). The maximum Gasteiger partial charge on any atom is 0.0517 e. The summed E-state index contributed by atoms with van der Waals surface area (Å²) in [5.41, 5.74) is 0. The number of fused-ring (bicyclic) bond motifs is 1. The summed E-state index contributed by atoms with van der Waals surface area (Å²) in [5.74, 6) is 2.99. The van der Waals surface area contributed by atoms with Gasteiger partial charge in [-0.3, -0.25) is 0 Å². The molecule has 0 radical (unpaired) electrons. The second kappa shape index (κ2) is 6.30. The molecule has 0 aromatic carbocycles. The molecule has 1 aromatic rings. The first-order valence-corrected chi connectivity index (χ1v) is 9.73. The van der Waals surface area contributed by atoms with Gasteiger partial charge in [0.1, 0.15) is 0 Å². The molecule has 0 nitrogen and oxygen atoms in total. The van der Waals surface area contributed by atoms with Crippen molar-refractivity contribution in [2.24, 2.45) is 17.8 Å². The first kappa shape index (κ1) is 14.1. The molecule has 2 aliphatic rings. The minimum absolute atomic E-state index is 0.612. The van der Waals surface area contributed by atoms with E-state index in [9.17, 15) is 0 Å². The van der Waals surface area contributed by atoms with Gasteiger partial charge < -0.3 is 0 Å². The molecule has 2 aliphatic carbocycles. The number of alkyl halides is 1. The van der Waals surface area contributed by atoms with Gasteiger partial charge in [0.25, 0.3) is 0 Å². The predicted molar refractivity (Wildman–Crippen MR) is 88.2 cm³/mol. The van der Waals surface area contributed by atoms with Crippen molar-refractivity contribution in [1.82, 2.24) is 0 Å². The van der Waals surface area contributed by atoms with Gasteiger partial charge in [0.15, 0.2) is 0 Å². The van der Waals surface area contributed by atoms with E-state index in [4.69, 9.17) is 0 Å². The first-order valence-electron chi connectivity index (χ1n) is 8.00. The highest BCUT2D eigenvalue weighted by Gasteiger charge is 2.35. The summed E-state index contributed by atoms with van der Waals surface area (Å²) in [7, 11) is 0. The third-order valence-corrected chi connectivity index (χ3v) is 8.15. The fourth-order valence-electron chi connectivity index (χ4n) is 4.14. The van der Waals surface area contributed by atoms with Crippen LogP contribution < -0.4 is 0 Å². The SMILES string of the molecule is CCc1ccc(C(Br)C2CCC3CCCCC3C2)s1. The highest BCUT2D eigenvalue weighted by atomic mass is 79.9. The maximum absolute atomic E-state index is 4.02. The molecule has 4 atom stereocenters. The number of hydrogen-bond donors (Lipinski definition) is 0. The Kier molecular flexibility index (Phi) is 4.69. The van der Waals surface area contributed by atoms with Crippen LogP contribution in [0.3, 0.4) is 0 Å². The van der Waals surface area contributed by atoms with Crippen LogP contribution in [0, 0.1) is 17.8 Å². The van der Waals surface area contributed by atoms with Crippen molar-refractivity contribution in [2.45, 2.75) is 63.1 Å². The summed E-state index contributed by atoms with van der Waals surface area (Å²) >= 11 is 6.03. The number of aryl methyl sites for hydroxylation is 1. The van der Waals surface area contributed by atoms with Crippen molar-refractivity contribution < 1.29 is 0 Å². The Bertz CT molecular complexity index is 411. The van der Waals surface area contributed by atoms with Crippen LogP contribution in [0.25, 0.3) is 0 Å². The fourth-order valence-corrected chi connectivity index (χ4v) is 6.08. The Morgan fingerprint density at radius 1 is 1.16 bits per heavy atom. The molecule has 4 unspecified atom stereocenters. The van der Waals surface area contributed by atoms with Crippen LogP contribution >= 0.6 is 27.3 Å². The highest BCUT2D eigenvalue weighted by molar-refractivity contribution is 9.09. The fraction of sp³-hybridized carbons (Fsp3) is 0.765. The third kappa shape index (κ3) is 3.10. The van der Waals surface area contributed by atoms with Crippen molar-refractivity contribution in [3.8, 4) is 0 Å². The lowest BCUT2D eigenvalue weighted by atomic mass is 9.67. The van der Waals surface area contributed by atoms with Crippen LogP contribution in [0.1, 0.15) is 66.5 Å². The second-order valence-electron chi connectivity index (χ2n) is 6.44. The van der Waals surface area contributed by atoms with E-state index in [0.29, 0.717) is 4.83 Å². The zero-order chi connectivity index (χ0) is 13.2. The van der Waals surface area contributed by atoms with E-state index < -0.39 is 0 Å². The third-order valence-electron chi connectivity index (χ3n) is 5.30. The smallest absolute Gasteiger partial charge is 0.0517 e. The summed E-state index contributed by atoms with van der Waals surface area (Å²) in [6.07, 6.45) is 11.6. The van der Waals surface area contributed by atoms with Crippen molar-refractivity contribution in [2.75, 3.05) is 0 Å². The molecule has 1 heterocycles. The molecule has 1 aromatic heterocycles. The summed E-state index contributed by atoms with van der Waals surface area (Å²) < 4.78 is 0. The minimum atomic E-state index is 0.612. The molecule has 2 fully saturated rings. The van der Waals surface area contributed by atoms with Crippen LogP contribution in [0.5, 0.6) is 0 Å². The van der Waals surface area contributed by atoms with Crippen LogP contribution in [-0.2, 0) is 6.42 Å². The van der Waals surface area contributed by atoms with Crippen molar-refractivity contribution in [3.63, 3.8) is 0 Å². The monoisotopic (exact) mass is 340 g/mol. The highest BCUT2D eigenvalue weighted by Crippen LogP contribution is 2.49. The molecule has 106 valence electrons. The number of halogens is 1. The molecule has 2 heteroatoms. The van der Waals surface area contributed by atoms with E-state index in [0.717, 1.165) is 17.8 Å². The summed E-state index contributed by atoms with van der Waals surface area (Å²) in [4.78, 5) is 3.71. The summed E-state index contributed by atoms with van der Waals surface area (Å²) in [6, 6.07) is 4.68. The standard InChI is InChI=1S/C17H25BrS/c1-2-15-9-10-16(19-15)17(18)14-8-7-12-5-3-4-6-13(12)11-14/h9-10,12-14,17H,2-8,11H2,1H3. The van der Waals surface area contributed by atoms with Crippen molar-refractivity contribution in [1.29, 1.82) is 0 Å². The summed E-state index contributed by atoms with van der Waals surface area (Å²) in [6.45, 7) is 2.26. The Labute approximate surface area is 130 Å². The lowest BCUT2D eigenvalue weighted by molar-refractivity contribution is 0.129. The van der Waals surface area contributed by atoms with Crippen molar-refractivity contribution >= 4 is 27.3 Å². The van der Waals surface area contributed by atoms with Gasteiger partial charge in [-0.2, -0.15) is 0 Å². The Morgan fingerprint density at radius 2 is 1.95 bits per heavy atom. The second-order valence-corrected chi connectivity index (χ2v) is 8.62. The van der Waals surface area contributed by atoms with Crippen LogP contribution in [0.2, 0.25) is 0 Å². The predicted octanol–water partition coefficient (Wildman–Crippen LogP) is 6.35. The molecule has 19 heavy (non-hydrogen) atoms. The van der Waals surface area contributed by atoms with E-state index in [2.05, 4.69) is 35.0 Å². The molecule has 0 bridgehead atoms. The Morgan fingerprint density at radius 3 is 2.68 bits per heavy atom. The molecule has 0 amide bonds. The van der Waals surface area contributed by atoms with Gasteiger partial charge in [-0.15, -0.1) is 11.3 Å². The molecular formula is C17H25BrS. The van der Waals surface area contributed by atoms with Crippen LogP contribution in [-0.4, -0.2) is 0 Å². The van der Waals surface area contributed by atoms with Gasteiger partial charge in [0.05, 0.1) is 4.83 Å². The van der Waals surface area contributed by atoms with Gasteiger partial charge in [-0.05, 0) is 55.6 Å². The van der Waals surface area contributed by atoms with E-state index in [1.54, 1.807) is 4.88 Å². The molecule has 0 aliphatic heterocycles. The number of thiophene rings is 1. The zero-order valence-corrected chi connectivity index (χ0v) is 14.3. The summed E-state index contributed by atoms with van der Waals surface area (Å²) in [5, 5.41) is 0. The first-order chi connectivity index (χ1) is 9.28. The van der Waals surface area contributed by atoms with E-state index in [1.807, 2.05) is 11.3 Å². The lowest BCUT2D eigenvalue weighted by Crippen LogP contribution is -2.29. The van der Waals surface area contributed by atoms with Gasteiger partial charge in [-0.1, -0.05) is 48.5 Å². The largest absolute Gasteiger partial charge is 0.144 e. The van der Waals surface area contributed by atoms with Gasteiger partial charge >= 0.3 is 0 Å². The van der Waals surface area contributed by atoms with Gasteiger partial charge in [0, 0.05) is 9.75 Å². The lowest BCUT2D eigenvalue weighted by Gasteiger charge is -2.40. The quantitative estimate of drug-likeness (QED) is 0.562. The Hall–Kier alpha value is 0.180. The normalized spacial score (nSPS) is 32.8. The molecule has 2 saturated carbocycles. The van der Waals surface area contributed by atoms with Crippen LogP contribution in [0.4, 0.5) is 0 Å². The van der Waals surface area contributed by atoms with Gasteiger partial charge in [0.2, 0.25) is 0 Å². The van der Waals surface area contributed by atoms with E-state index >= 15 is 0 Å². The average Bonchev–Trinajstić information content (AvgIpc) is 2.95. The number of hydrogen-bond acceptors (Lipinski definition) is 1. The minimum Gasteiger partial charge on any atom is -0.144 e. The van der Waals surface area contributed by atoms with Crippen LogP contribution in [0.15, 0.2) is 12.1 Å². The molecular weight excluding hydrogens is 316 g/mol. The topological polar surface area (TPSA) is 0 Å². The Balaban J connectivity index is 1.65. The zero-order valence-electron chi connectivity index (χ0n) is 11.9. The maximum atomic E-state index is 4.02. The van der Waals surface area contributed by atoms with Crippen molar-refractivity contribution in [3.05, 3.63) is 21.9 Å². The number of rotatable bonds is 3. The molecule has 0 spiro atoms.